The highest BCUT2D eigenvalue weighted by Gasteiger charge is 2.27. The zero-order chi connectivity index (χ0) is 23.3. The van der Waals surface area contributed by atoms with Crippen LogP contribution in [0.4, 0.5) is 5.69 Å². The second-order valence-electron chi connectivity index (χ2n) is 6.91. The van der Waals surface area contributed by atoms with Crippen LogP contribution in [0.15, 0.2) is 47.1 Å². The number of esters is 2. The number of rotatable bonds is 8. The summed E-state index contributed by atoms with van der Waals surface area (Å²) in [4.78, 5) is 39.1. The maximum absolute atomic E-state index is 12.3. The van der Waals surface area contributed by atoms with Gasteiger partial charge in [-0.15, -0.1) is 0 Å². The molecule has 1 aliphatic heterocycles. The third-order valence-corrected chi connectivity index (χ3v) is 4.60. The van der Waals surface area contributed by atoms with Crippen LogP contribution in [0.2, 0.25) is 0 Å². The summed E-state index contributed by atoms with van der Waals surface area (Å²) < 4.78 is 16.2. The van der Waals surface area contributed by atoms with Crippen LogP contribution in [0.3, 0.4) is 0 Å². The lowest BCUT2D eigenvalue weighted by molar-refractivity contribution is -0.385. The Hall–Kier alpha value is -4.01. The Labute approximate surface area is 184 Å². The summed E-state index contributed by atoms with van der Waals surface area (Å²) in [5.41, 5.74) is 1.24. The summed E-state index contributed by atoms with van der Waals surface area (Å²) >= 11 is 0. The van der Waals surface area contributed by atoms with Gasteiger partial charge in [-0.1, -0.05) is 19.1 Å². The average Bonchev–Trinajstić information content (AvgIpc) is 3.10. The van der Waals surface area contributed by atoms with Crippen molar-refractivity contribution in [2.24, 2.45) is 4.99 Å². The maximum Gasteiger partial charge on any atom is 0.363 e. The molecule has 166 valence electrons. The van der Waals surface area contributed by atoms with Gasteiger partial charge in [-0.25, -0.2) is 9.79 Å². The van der Waals surface area contributed by atoms with Crippen molar-refractivity contribution < 1.29 is 28.7 Å². The molecule has 0 spiro atoms. The van der Waals surface area contributed by atoms with Crippen LogP contribution in [0, 0.1) is 17.0 Å². The standard InChI is InChI=1S/C23H22N2O7/c1-4-7-21(26)31-19-11-10-15(13-20(19)30-5-2)12-17-23(27)32-22(24-17)16-8-6-9-18(14(16)3)25(28)29/h6,8-13H,4-5,7H2,1-3H3/b17-12-. The van der Waals surface area contributed by atoms with Crippen molar-refractivity contribution in [1.82, 2.24) is 0 Å². The van der Waals surface area contributed by atoms with E-state index >= 15 is 0 Å². The average molecular weight is 438 g/mol. The molecule has 0 atom stereocenters. The summed E-state index contributed by atoms with van der Waals surface area (Å²) in [6, 6.07) is 9.35. The van der Waals surface area contributed by atoms with Gasteiger partial charge in [-0.2, -0.15) is 0 Å². The van der Waals surface area contributed by atoms with Gasteiger partial charge in [-0.05, 0) is 50.1 Å². The van der Waals surface area contributed by atoms with Crippen molar-refractivity contribution in [3.05, 3.63) is 68.9 Å². The van der Waals surface area contributed by atoms with E-state index in [-0.39, 0.29) is 35.4 Å². The predicted molar refractivity (Wildman–Crippen MR) is 117 cm³/mol. The van der Waals surface area contributed by atoms with Gasteiger partial charge in [0, 0.05) is 23.6 Å². The predicted octanol–water partition coefficient (Wildman–Crippen LogP) is 4.35. The topological polar surface area (TPSA) is 117 Å². The smallest absolute Gasteiger partial charge is 0.363 e. The molecule has 0 aromatic heterocycles. The van der Waals surface area contributed by atoms with Crippen molar-refractivity contribution in [2.45, 2.75) is 33.6 Å². The van der Waals surface area contributed by atoms with Crippen molar-refractivity contribution in [3.63, 3.8) is 0 Å². The lowest BCUT2D eigenvalue weighted by atomic mass is 10.1. The van der Waals surface area contributed by atoms with Crippen LogP contribution in [0.25, 0.3) is 6.08 Å². The molecule has 0 aliphatic carbocycles. The van der Waals surface area contributed by atoms with Gasteiger partial charge in [0.25, 0.3) is 5.69 Å². The molecular weight excluding hydrogens is 416 g/mol. The summed E-state index contributed by atoms with van der Waals surface area (Å²) in [6.07, 6.45) is 2.46. The van der Waals surface area contributed by atoms with Gasteiger partial charge < -0.3 is 14.2 Å². The first-order valence-electron chi connectivity index (χ1n) is 10.1. The minimum atomic E-state index is -0.678. The molecule has 0 saturated carbocycles. The number of cyclic esters (lactones) is 1. The minimum absolute atomic E-state index is 0.00222. The fraction of sp³-hybridized carbons (Fsp3) is 0.261. The van der Waals surface area contributed by atoms with E-state index in [1.807, 2.05) is 6.92 Å². The molecule has 9 nitrogen and oxygen atoms in total. The molecule has 0 radical (unpaired) electrons. The Balaban J connectivity index is 1.92. The molecule has 1 heterocycles. The van der Waals surface area contributed by atoms with Gasteiger partial charge in [0.05, 0.1) is 11.5 Å². The Morgan fingerprint density at radius 1 is 1.22 bits per heavy atom. The highest BCUT2D eigenvalue weighted by Crippen LogP contribution is 2.31. The van der Waals surface area contributed by atoms with Crippen LogP contribution < -0.4 is 9.47 Å². The number of carbonyl (C=O) groups is 2. The van der Waals surface area contributed by atoms with E-state index in [4.69, 9.17) is 14.2 Å². The van der Waals surface area contributed by atoms with Crippen molar-refractivity contribution in [3.8, 4) is 11.5 Å². The molecule has 0 bridgehead atoms. The summed E-state index contributed by atoms with van der Waals surface area (Å²) in [5, 5.41) is 11.2. The number of aliphatic imine (C=N–C) groups is 1. The molecule has 0 saturated heterocycles. The largest absolute Gasteiger partial charge is 0.490 e. The van der Waals surface area contributed by atoms with Crippen LogP contribution >= 0.6 is 0 Å². The lowest BCUT2D eigenvalue weighted by Gasteiger charge is -2.11. The van der Waals surface area contributed by atoms with E-state index in [1.54, 1.807) is 38.1 Å². The van der Waals surface area contributed by atoms with Gasteiger partial charge >= 0.3 is 11.9 Å². The molecule has 2 aromatic rings. The number of nitro benzene ring substituents is 1. The fourth-order valence-corrected chi connectivity index (χ4v) is 3.08. The SMILES string of the molecule is CCCC(=O)Oc1ccc(/C=C2\N=C(c3cccc([N+](=O)[O-])c3C)OC2=O)cc1OCC. The number of ether oxygens (including phenoxy) is 3. The molecule has 3 rings (SSSR count). The van der Waals surface area contributed by atoms with Crippen LogP contribution in [-0.2, 0) is 14.3 Å². The summed E-state index contributed by atoms with van der Waals surface area (Å²) in [6.45, 7) is 5.60. The van der Waals surface area contributed by atoms with E-state index in [9.17, 15) is 19.7 Å². The zero-order valence-corrected chi connectivity index (χ0v) is 17.9. The number of carbonyl (C=O) groups excluding carboxylic acids is 2. The van der Waals surface area contributed by atoms with Crippen LogP contribution in [0.1, 0.15) is 43.4 Å². The first-order chi connectivity index (χ1) is 15.3. The normalized spacial score (nSPS) is 14.2. The highest BCUT2D eigenvalue weighted by atomic mass is 16.6. The highest BCUT2D eigenvalue weighted by molar-refractivity contribution is 6.13. The van der Waals surface area contributed by atoms with Gasteiger partial charge in [0.1, 0.15) is 0 Å². The number of nitrogens with zero attached hydrogens (tertiary/aromatic N) is 2. The number of hydrogen-bond donors (Lipinski definition) is 0. The van der Waals surface area contributed by atoms with E-state index in [0.29, 0.717) is 35.5 Å². The molecule has 0 amide bonds. The first-order valence-corrected chi connectivity index (χ1v) is 10.1. The Bertz CT molecular complexity index is 1140. The van der Waals surface area contributed by atoms with E-state index < -0.39 is 10.9 Å². The molecule has 0 fully saturated rings. The van der Waals surface area contributed by atoms with Gasteiger partial charge in [0.2, 0.25) is 5.90 Å². The maximum atomic E-state index is 12.3. The van der Waals surface area contributed by atoms with Crippen molar-refractivity contribution >= 4 is 29.6 Å². The molecule has 32 heavy (non-hydrogen) atoms. The fourth-order valence-electron chi connectivity index (χ4n) is 3.08. The summed E-state index contributed by atoms with van der Waals surface area (Å²) in [7, 11) is 0. The second-order valence-corrected chi connectivity index (χ2v) is 6.91. The molecule has 1 aliphatic rings. The Morgan fingerprint density at radius 3 is 2.69 bits per heavy atom. The molecule has 0 unspecified atom stereocenters. The molecular formula is C23H22N2O7. The van der Waals surface area contributed by atoms with Crippen molar-refractivity contribution in [2.75, 3.05) is 6.61 Å². The Morgan fingerprint density at radius 2 is 2.00 bits per heavy atom. The molecule has 2 aromatic carbocycles. The third-order valence-electron chi connectivity index (χ3n) is 4.60. The zero-order valence-electron chi connectivity index (χ0n) is 17.9. The number of benzene rings is 2. The van der Waals surface area contributed by atoms with Crippen molar-refractivity contribution in [1.29, 1.82) is 0 Å². The van der Waals surface area contributed by atoms with E-state index in [2.05, 4.69) is 4.99 Å². The van der Waals surface area contributed by atoms with E-state index in [1.165, 1.54) is 18.2 Å². The van der Waals surface area contributed by atoms with Gasteiger partial charge in [-0.3, -0.25) is 14.9 Å². The quantitative estimate of drug-likeness (QED) is 0.198. The molecule has 9 heteroatoms. The van der Waals surface area contributed by atoms with Crippen LogP contribution in [0.5, 0.6) is 11.5 Å². The lowest BCUT2D eigenvalue weighted by Crippen LogP contribution is -2.08. The molecule has 0 N–H and O–H groups in total. The minimum Gasteiger partial charge on any atom is -0.490 e. The Kier molecular flexibility index (Phi) is 6.99. The van der Waals surface area contributed by atoms with Crippen LogP contribution in [-0.4, -0.2) is 29.4 Å². The summed E-state index contributed by atoms with van der Waals surface area (Å²) in [5.74, 6) is -0.394. The van der Waals surface area contributed by atoms with Gasteiger partial charge in [0.15, 0.2) is 17.2 Å². The van der Waals surface area contributed by atoms with E-state index in [0.717, 1.165) is 0 Å². The first kappa shape index (κ1) is 22.7. The third kappa shape index (κ3) is 5.00. The number of hydrogen-bond acceptors (Lipinski definition) is 8. The second kappa shape index (κ2) is 9.86. The monoisotopic (exact) mass is 438 g/mol. The number of nitro groups is 1.